The van der Waals surface area contributed by atoms with Gasteiger partial charge >= 0.3 is 0 Å². The lowest BCUT2D eigenvalue weighted by Crippen LogP contribution is -2.13. The van der Waals surface area contributed by atoms with Crippen molar-refractivity contribution in [2.24, 2.45) is 0 Å². The summed E-state index contributed by atoms with van der Waals surface area (Å²) in [6.45, 7) is 0. The van der Waals surface area contributed by atoms with Gasteiger partial charge in [0.05, 0.1) is 16.9 Å². The third kappa shape index (κ3) is 2.72. The predicted octanol–water partition coefficient (Wildman–Crippen LogP) is 1.93. The van der Waals surface area contributed by atoms with Gasteiger partial charge in [-0.2, -0.15) is 0 Å². The first kappa shape index (κ1) is 11.8. The molecule has 0 radical (unpaired) electrons. The molecule has 0 amide bonds. The molecule has 2 rings (SSSR count). The largest absolute Gasteiger partial charge is 0.276 e. The maximum atomic E-state index is 11.9. The van der Waals surface area contributed by atoms with Gasteiger partial charge in [0.15, 0.2) is 0 Å². The van der Waals surface area contributed by atoms with Crippen LogP contribution >= 0.6 is 11.6 Å². The van der Waals surface area contributed by atoms with E-state index in [1.54, 1.807) is 6.07 Å². The summed E-state index contributed by atoms with van der Waals surface area (Å²) in [4.78, 5) is 7.61. The molecular weight excluding hydrogens is 262 g/mol. The molecule has 1 N–H and O–H groups in total. The molecule has 0 aromatic carbocycles. The topological polar surface area (TPSA) is 72.0 Å². The van der Waals surface area contributed by atoms with Crippen molar-refractivity contribution in [1.29, 1.82) is 0 Å². The van der Waals surface area contributed by atoms with Crippen LogP contribution in [0.1, 0.15) is 0 Å². The molecule has 0 spiro atoms. The normalized spacial score (nSPS) is 11.1. The minimum absolute atomic E-state index is 0.0694. The van der Waals surface area contributed by atoms with Crippen molar-refractivity contribution in [1.82, 2.24) is 9.97 Å². The lowest BCUT2D eigenvalue weighted by molar-refractivity contribution is 0.601. The van der Waals surface area contributed by atoms with Gasteiger partial charge < -0.3 is 0 Å². The van der Waals surface area contributed by atoms with Crippen LogP contribution in [-0.2, 0) is 10.0 Å². The second-order valence-corrected chi connectivity index (χ2v) is 5.24. The van der Waals surface area contributed by atoms with E-state index in [1.807, 2.05) is 0 Å². The summed E-state index contributed by atoms with van der Waals surface area (Å²) in [5.41, 5.74) is 0.234. The summed E-state index contributed by atoms with van der Waals surface area (Å²) in [5.74, 6) is 0. The third-order valence-corrected chi connectivity index (χ3v) is 3.64. The minimum atomic E-state index is -3.67. The van der Waals surface area contributed by atoms with Crippen molar-refractivity contribution in [2.45, 2.75) is 4.90 Å². The molecule has 2 aromatic heterocycles. The Balaban J connectivity index is 2.34. The van der Waals surface area contributed by atoms with E-state index in [1.165, 1.54) is 36.9 Å². The molecule has 0 aliphatic heterocycles. The first-order chi connectivity index (χ1) is 8.09. The molecule has 0 bridgehead atoms. The summed E-state index contributed by atoms with van der Waals surface area (Å²) < 4.78 is 26.2. The Labute approximate surface area is 104 Å². The predicted molar refractivity (Wildman–Crippen MR) is 64.3 cm³/mol. The Morgan fingerprint density at radius 1 is 1.12 bits per heavy atom. The molecule has 0 aliphatic rings. The highest BCUT2D eigenvalue weighted by Crippen LogP contribution is 2.22. The molecule has 0 aliphatic carbocycles. The highest BCUT2D eigenvalue weighted by atomic mass is 35.5. The van der Waals surface area contributed by atoms with Gasteiger partial charge in [0, 0.05) is 18.6 Å². The standard InChI is InChI=1S/C10H8ClN3O2S/c11-9-3-5-13-7-10(9)14-17(15,16)8-2-1-4-12-6-8/h1-7,14H. The first-order valence-corrected chi connectivity index (χ1v) is 6.48. The van der Waals surface area contributed by atoms with E-state index in [0.29, 0.717) is 0 Å². The number of halogens is 1. The van der Waals surface area contributed by atoms with Crippen LogP contribution < -0.4 is 4.72 Å². The van der Waals surface area contributed by atoms with Crippen molar-refractivity contribution < 1.29 is 8.42 Å². The zero-order chi connectivity index (χ0) is 12.3. The van der Waals surface area contributed by atoms with Crippen molar-refractivity contribution in [3.63, 3.8) is 0 Å². The van der Waals surface area contributed by atoms with E-state index >= 15 is 0 Å². The second kappa shape index (κ2) is 4.68. The highest BCUT2D eigenvalue weighted by Gasteiger charge is 2.15. The van der Waals surface area contributed by atoms with Crippen LogP contribution in [0, 0.1) is 0 Å². The van der Waals surface area contributed by atoms with Crippen molar-refractivity contribution >= 4 is 27.3 Å². The second-order valence-electron chi connectivity index (χ2n) is 3.15. The number of nitrogens with one attached hydrogen (secondary N) is 1. The van der Waals surface area contributed by atoms with E-state index in [2.05, 4.69) is 14.7 Å². The summed E-state index contributed by atoms with van der Waals surface area (Å²) in [6, 6.07) is 4.49. The fourth-order valence-electron chi connectivity index (χ4n) is 1.16. The quantitative estimate of drug-likeness (QED) is 0.924. The lowest BCUT2D eigenvalue weighted by Gasteiger charge is -2.08. The van der Waals surface area contributed by atoms with Crippen molar-refractivity contribution in [2.75, 3.05) is 4.72 Å². The average Bonchev–Trinajstić information content (AvgIpc) is 2.33. The summed E-state index contributed by atoms with van der Waals surface area (Å²) >= 11 is 5.84. The number of anilines is 1. The molecular formula is C10H8ClN3O2S. The Hall–Kier alpha value is -1.66. The van der Waals surface area contributed by atoms with E-state index in [-0.39, 0.29) is 15.6 Å². The van der Waals surface area contributed by atoms with Gasteiger partial charge in [-0.1, -0.05) is 11.6 Å². The molecule has 2 heterocycles. The van der Waals surface area contributed by atoms with Crippen LogP contribution in [0.5, 0.6) is 0 Å². The number of hydrogen-bond acceptors (Lipinski definition) is 4. The molecule has 0 fully saturated rings. The smallest absolute Gasteiger partial charge is 0.263 e. The maximum Gasteiger partial charge on any atom is 0.263 e. The van der Waals surface area contributed by atoms with Gasteiger partial charge in [0.1, 0.15) is 4.90 Å². The van der Waals surface area contributed by atoms with E-state index in [4.69, 9.17) is 11.6 Å². The summed E-state index contributed by atoms with van der Waals surface area (Å²) in [5, 5.41) is 0.285. The maximum absolute atomic E-state index is 11.9. The number of hydrogen-bond donors (Lipinski definition) is 1. The number of aromatic nitrogens is 2. The fourth-order valence-corrected chi connectivity index (χ4v) is 2.40. The van der Waals surface area contributed by atoms with Crippen LogP contribution in [0.4, 0.5) is 5.69 Å². The Kier molecular flexibility index (Phi) is 3.26. The molecule has 0 saturated carbocycles. The Bertz CT molecular complexity index is 616. The Morgan fingerprint density at radius 2 is 1.88 bits per heavy atom. The number of pyridine rings is 2. The zero-order valence-corrected chi connectivity index (χ0v) is 10.1. The fraction of sp³-hybridized carbons (Fsp3) is 0. The van der Waals surface area contributed by atoms with Gasteiger partial charge in [0.25, 0.3) is 10.0 Å². The van der Waals surface area contributed by atoms with Crippen LogP contribution in [0.2, 0.25) is 5.02 Å². The van der Waals surface area contributed by atoms with Gasteiger partial charge in [0.2, 0.25) is 0 Å². The number of rotatable bonds is 3. The van der Waals surface area contributed by atoms with Gasteiger partial charge in [-0.05, 0) is 18.2 Å². The zero-order valence-electron chi connectivity index (χ0n) is 8.54. The van der Waals surface area contributed by atoms with Crippen LogP contribution in [0.25, 0.3) is 0 Å². The SMILES string of the molecule is O=S(=O)(Nc1cnccc1Cl)c1cccnc1. The average molecular weight is 270 g/mol. The molecule has 5 nitrogen and oxygen atoms in total. The molecule has 7 heteroatoms. The van der Waals surface area contributed by atoms with Crippen LogP contribution in [0.3, 0.4) is 0 Å². The van der Waals surface area contributed by atoms with E-state index in [9.17, 15) is 8.42 Å². The minimum Gasteiger partial charge on any atom is -0.276 e. The first-order valence-electron chi connectivity index (χ1n) is 4.62. The number of sulfonamides is 1. The van der Waals surface area contributed by atoms with E-state index < -0.39 is 10.0 Å². The van der Waals surface area contributed by atoms with Crippen LogP contribution in [-0.4, -0.2) is 18.4 Å². The molecule has 17 heavy (non-hydrogen) atoms. The van der Waals surface area contributed by atoms with Crippen molar-refractivity contribution in [3.05, 3.63) is 48.0 Å². The molecule has 0 atom stereocenters. The van der Waals surface area contributed by atoms with E-state index in [0.717, 1.165) is 0 Å². The molecule has 0 unspecified atom stereocenters. The lowest BCUT2D eigenvalue weighted by atomic mass is 10.4. The molecule has 2 aromatic rings. The van der Waals surface area contributed by atoms with Crippen molar-refractivity contribution in [3.8, 4) is 0 Å². The monoisotopic (exact) mass is 269 g/mol. The third-order valence-electron chi connectivity index (χ3n) is 1.96. The molecule has 0 saturated heterocycles. The van der Waals surface area contributed by atoms with Gasteiger partial charge in [-0.25, -0.2) is 8.42 Å². The number of nitrogens with zero attached hydrogens (tertiary/aromatic N) is 2. The summed E-state index contributed by atoms with van der Waals surface area (Å²) in [6.07, 6.45) is 5.57. The van der Waals surface area contributed by atoms with Gasteiger partial charge in [-0.15, -0.1) is 0 Å². The highest BCUT2D eigenvalue weighted by molar-refractivity contribution is 7.92. The van der Waals surface area contributed by atoms with Crippen LogP contribution in [0.15, 0.2) is 47.9 Å². The molecule has 88 valence electrons. The van der Waals surface area contributed by atoms with Gasteiger partial charge in [-0.3, -0.25) is 14.7 Å². The Morgan fingerprint density at radius 3 is 2.53 bits per heavy atom. The summed E-state index contributed by atoms with van der Waals surface area (Å²) in [7, 11) is -3.67.